The molecule has 30 heavy (non-hydrogen) atoms. The van der Waals surface area contributed by atoms with E-state index < -0.39 is 23.6 Å². The Morgan fingerprint density at radius 1 is 1.07 bits per heavy atom. The first-order chi connectivity index (χ1) is 14.2. The number of rotatable bonds is 9. The number of amides is 1. The Morgan fingerprint density at radius 2 is 1.73 bits per heavy atom. The predicted molar refractivity (Wildman–Crippen MR) is 105 cm³/mol. The molecule has 0 bridgehead atoms. The number of likely N-dealkylation sites (N-methyl/N-ethyl adjacent to an activating group) is 1. The monoisotopic (exact) mass is 424 g/mol. The molecule has 162 valence electrons. The fraction of sp³-hybridized carbons (Fsp3) is 0.333. The topological polar surface area (TPSA) is 67.9 Å². The van der Waals surface area contributed by atoms with E-state index in [0.717, 1.165) is 6.07 Å². The third kappa shape index (κ3) is 6.77. The molecule has 0 radical (unpaired) electrons. The number of hydrogen-bond acceptors (Lipinski definition) is 5. The van der Waals surface area contributed by atoms with Crippen molar-refractivity contribution in [3.63, 3.8) is 0 Å². The number of benzene rings is 2. The molecule has 2 aromatic carbocycles. The molecule has 0 heterocycles. The van der Waals surface area contributed by atoms with Gasteiger partial charge in [-0.3, -0.25) is 9.69 Å². The van der Waals surface area contributed by atoms with Gasteiger partial charge in [-0.15, -0.1) is 0 Å². The number of halogens is 3. The second-order valence-corrected chi connectivity index (χ2v) is 6.32. The molecule has 1 amide bonds. The van der Waals surface area contributed by atoms with Crippen molar-refractivity contribution in [1.29, 1.82) is 0 Å². The lowest BCUT2D eigenvalue weighted by Crippen LogP contribution is -2.36. The Kier molecular flexibility index (Phi) is 8.23. The fourth-order valence-electron chi connectivity index (χ4n) is 2.68. The second-order valence-electron chi connectivity index (χ2n) is 6.32. The van der Waals surface area contributed by atoms with E-state index in [1.807, 2.05) is 6.92 Å². The van der Waals surface area contributed by atoms with Gasteiger partial charge in [-0.25, -0.2) is 4.79 Å². The van der Waals surface area contributed by atoms with Crippen LogP contribution in [0.4, 0.5) is 18.9 Å². The second kappa shape index (κ2) is 10.6. The number of carbonyl (C=O) groups excluding carboxylic acids is 2. The Hall–Kier alpha value is -3.07. The normalized spacial score (nSPS) is 11.3. The molecule has 6 nitrogen and oxygen atoms in total. The molecule has 0 atom stereocenters. The first-order valence-corrected chi connectivity index (χ1v) is 9.24. The number of methoxy groups -OCH3 is 1. The predicted octanol–water partition coefficient (Wildman–Crippen LogP) is 3.83. The van der Waals surface area contributed by atoms with Crippen molar-refractivity contribution in [1.82, 2.24) is 4.90 Å². The molecule has 0 aliphatic rings. The summed E-state index contributed by atoms with van der Waals surface area (Å²) in [5.74, 6) is -0.449. The van der Waals surface area contributed by atoms with Gasteiger partial charge < -0.3 is 14.8 Å². The van der Waals surface area contributed by atoms with Gasteiger partial charge in [0.05, 0.1) is 30.5 Å². The Labute approximate surface area is 172 Å². The Morgan fingerprint density at radius 3 is 2.33 bits per heavy atom. The van der Waals surface area contributed by atoms with Gasteiger partial charge in [0.1, 0.15) is 12.4 Å². The minimum Gasteiger partial charge on any atom is -0.492 e. The molecule has 0 aromatic heterocycles. The largest absolute Gasteiger partial charge is 0.492 e. The SMILES string of the molecule is CCN(CCOc1ccc(C(=O)OC)cc1)CC(=O)Nc1ccccc1C(F)(F)F. The van der Waals surface area contributed by atoms with Gasteiger partial charge in [0, 0.05) is 6.54 Å². The van der Waals surface area contributed by atoms with E-state index in [9.17, 15) is 22.8 Å². The van der Waals surface area contributed by atoms with Gasteiger partial charge >= 0.3 is 12.1 Å². The van der Waals surface area contributed by atoms with Gasteiger partial charge in [0.2, 0.25) is 5.91 Å². The van der Waals surface area contributed by atoms with Crippen LogP contribution in [-0.4, -0.2) is 50.1 Å². The summed E-state index contributed by atoms with van der Waals surface area (Å²) in [5, 5.41) is 2.33. The van der Waals surface area contributed by atoms with Crippen LogP contribution >= 0.6 is 0 Å². The maximum absolute atomic E-state index is 13.0. The molecule has 0 saturated heterocycles. The van der Waals surface area contributed by atoms with Crippen LogP contribution in [0.15, 0.2) is 48.5 Å². The van der Waals surface area contributed by atoms with Crippen molar-refractivity contribution >= 4 is 17.6 Å². The van der Waals surface area contributed by atoms with Crippen molar-refractivity contribution in [2.45, 2.75) is 13.1 Å². The average Bonchev–Trinajstić information content (AvgIpc) is 2.72. The van der Waals surface area contributed by atoms with Gasteiger partial charge in [0.15, 0.2) is 0 Å². The van der Waals surface area contributed by atoms with Crippen molar-refractivity contribution in [3.8, 4) is 5.75 Å². The third-order valence-electron chi connectivity index (χ3n) is 4.27. The van der Waals surface area contributed by atoms with Crippen LogP contribution in [-0.2, 0) is 15.7 Å². The molecule has 9 heteroatoms. The highest BCUT2D eigenvalue weighted by molar-refractivity contribution is 5.93. The van der Waals surface area contributed by atoms with Crippen molar-refractivity contribution < 1.29 is 32.2 Å². The maximum atomic E-state index is 13.0. The summed E-state index contributed by atoms with van der Waals surface area (Å²) in [5.41, 5.74) is -0.760. The molecule has 0 saturated carbocycles. The molecule has 2 rings (SSSR count). The molecule has 0 spiro atoms. The zero-order valence-electron chi connectivity index (χ0n) is 16.7. The molecule has 2 aromatic rings. The fourth-order valence-corrected chi connectivity index (χ4v) is 2.68. The van der Waals surface area contributed by atoms with Gasteiger partial charge in [-0.05, 0) is 42.9 Å². The summed E-state index contributed by atoms with van der Waals surface area (Å²) in [6, 6.07) is 11.2. The molecule has 0 unspecified atom stereocenters. The minimum atomic E-state index is -4.55. The van der Waals surface area contributed by atoms with Crippen LogP contribution in [0.2, 0.25) is 0 Å². The van der Waals surface area contributed by atoms with Crippen LogP contribution in [0.3, 0.4) is 0 Å². The van der Waals surface area contributed by atoms with Gasteiger partial charge in [0.25, 0.3) is 0 Å². The smallest absolute Gasteiger partial charge is 0.418 e. The highest BCUT2D eigenvalue weighted by Gasteiger charge is 2.33. The zero-order valence-corrected chi connectivity index (χ0v) is 16.7. The van der Waals surface area contributed by atoms with E-state index in [-0.39, 0.29) is 18.8 Å². The standard InChI is InChI=1S/C21H23F3N2O4/c1-3-26(12-13-30-16-10-8-15(9-11-16)20(28)29-2)14-19(27)25-18-7-5-4-6-17(18)21(22,23)24/h4-11H,3,12-14H2,1-2H3,(H,25,27). The number of ether oxygens (including phenoxy) is 2. The quantitative estimate of drug-likeness (QED) is 0.620. The van der Waals surface area contributed by atoms with Crippen molar-refractivity contribution in [3.05, 3.63) is 59.7 Å². The number of nitrogens with zero attached hydrogens (tertiary/aromatic N) is 1. The minimum absolute atomic E-state index is 0.0761. The number of anilines is 1. The van der Waals surface area contributed by atoms with E-state index in [1.54, 1.807) is 29.2 Å². The van der Waals surface area contributed by atoms with E-state index in [1.165, 1.54) is 25.3 Å². The Bertz CT molecular complexity index is 854. The molecular weight excluding hydrogens is 401 g/mol. The first-order valence-electron chi connectivity index (χ1n) is 9.24. The highest BCUT2D eigenvalue weighted by Crippen LogP contribution is 2.34. The lowest BCUT2D eigenvalue weighted by Gasteiger charge is -2.21. The average molecular weight is 424 g/mol. The molecule has 0 aliphatic carbocycles. The number of nitrogens with one attached hydrogen (secondary N) is 1. The molecule has 1 N–H and O–H groups in total. The lowest BCUT2D eigenvalue weighted by atomic mass is 10.1. The first kappa shape index (κ1) is 23.2. The summed E-state index contributed by atoms with van der Waals surface area (Å²) in [6.07, 6.45) is -4.55. The highest BCUT2D eigenvalue weighted by atomic mass is 19.4. The van der Waals surface area contributed by atoms with Crippen molar-refractivity contribution in [2.24, 2.45) is 0 Å². The number of carbonyl (C=O) groups is 2. The number of hydrogen-bond donors (Lipinski definition) is 1. The molecule has 0 fully saturated rings. The summed E-state index contributed by atoms with van der Waals surface area (Å²) < 4.78 is 49.3. The third-order valence-corrected chi connectivity index (χ3v) is 4.27. The number of alkyl halides is 3. The summed E-state index contributed by atoms with van der Waals surface area (Å²) >= 11 is 0. The lowest BCUT2D eigenvalue weighted by molar-refractivity contribution is -0.137. The van der Waals surface area contributed by atoms with Crippen LogP contribution in [0, 0.1) is 0 Å². The zero-order chi connectivity index (χ0) is 22.1. The van der Waals surface area contributed by atoms with Gasteiger partial charge in [-0.2, -0.15) is 13.2 Å². The molecule has 0 aliphatic heterocycles. The van der Waals surface area contributed by atoms with Crippen LogP contribution in [0.1, 0.15) is 22.8 Å². The van der Waals surface area contributed by atoms with E-state index >= 15 is 0 Å². The Balaban J connectivity index is 1.86. The van der Waals surface area contributed by atoms with Crippen molar-refractivity contribution in [2.75, 3.05) is 38.7 Å². The van der Waals surface area contributed by atoms with Crippen LogP contribution < -0.4 is 10.1 Å². The number of esters is 1. The summed E-state index contributed by atoms with van der Waals surface area (Å²) in [4.78, 5) is 25.4. The van der Waals surface area contributed by atoms with E-state index in [4.69, 9.17) is 4.74 Å². The summed E-state index contributed by atoms with van der Waals surface area (Å²) in [6.45, 7) is 2.93. The summed E-state index contributed by atoms with van der Waals surface area (Å²) in [7, 11) is 1.30. The van der Waals surface area contributed by atoms with Crippen LogP contribution in [0.25, 0.3) is 0 Å². The van der Waals surface area contributed by atoms with E-state index in [2.05, 4.69) is 10.1 Å². The molecular formula is C21H23F3N2O4. The maximum Gasteiger partial charge on any atom is 0.418 e. The van der Waals surface area contributed by atoms with E-state index in [0.29, 0.717) is 24.4 Å². The van der Waals surface area contributed by atoms with Gasteiger partial charge in [-0.1, -0.05) is 19.1 Å². The van der Waals surface area contributed by atoms with Crippen LogP contribution in [0.5, 0.6) is 5.75 Å². The number of para-hydroxylation sites is 1.